The van der Waals surface area contributed by atoms with Crippen molar-refractivity contribution in [2.24, 2.45) is 23.7 Å². The second-order valence-electron chi connectivity index (χ2n) is 13.7. The van der Waals surface area contributed by atoms with Gasteiger partial charge in [0.2, 0.25) is 0 Å². The van der Waals surface area contributed by atoms with Gasteiger partial charge in [-0.05, 0) is 87.1 Å². The predicted octanol–water partition coefficient (Wildman–Crippen LogP) is 2.83. The molecule has 2 amide bonds. The van der Waals surface area contributed by atoms with Gasteiger partial charge in [0, 0.05) is 41.2 Å². The number of nitrogens with one attached hydrogen (secondary N) is 2. The molecular weight excluding hydrogens is 589 g/mol. The van der Waals surface area contributed by atoms with E-state index in [2.05, 4.69) is 49.9 Å². The number of aliphatic carboxylic acids is 2. The van der Waals surface area contributed by atoms with Crippen LogP contribution in [0, 0.1) is 23.7 Å². The zero-order valence-electron chi connectivity index (χ0n) is 26.2. The molecule has 232 valence electrons. The third-order valence-corrected chi connectivity index (χ3v) is 11.0. The predicted molar refractivity (Wildman–Crippen MR) is 162 cm³/mol. The summed E-state index contributed by atoms with van der Waals surface area (Å²) in [6, 6.07) is 1.94. The number of carboxylic acid groups (broad SMARTS) is 2. The Balaban J connectivity index is 0.000000762. The van der Waals surface area contributed by atoms with Gasteiger partial charge in [-0.15, -0.1) is 0 Å². The molecule has 0 spiro atoms. The molecule has 0 unspecified atom stereocenters. The monoisotopic (exact) mass is 640 g/mol. The maximum absolute atomic E-state index is 11.5. The van der Waals surface area contributed by atoms with Crippen molar-refractivity contribution >= 4 is 78.0 Å². The van der Waals surface area contributed by atoms with E-state index in [0.717, 1.165) is 37.8 Å². The van der Waals surface area contributed by atoms with Crippen LogP contribution in [-0.4, -0.2) is 104 Å². The van der Waals surface area contributed by atoms with Crippen LogP contribution in [0.1, 0.15) is 51.4 Å². The molecule has 0 aliphatic heterocycles. The van der Waals surface area contributed by atoms with Crippen LogP contribution in [-0.2, 0) is 19.1 Å². The Hall–Kier alpha value is -0.826. The van der Waals surface area contributed by atoms with Crippen LogP contribution in [0.3, 0.4) is 0 Å². The molecule has 2 N–H and O–H groups in total. The first-order valence-electron chi connectivity index (χ1n) is 14.8. The third-order valence-electron chi connectivity index (χ3n) is 7.60. The average molecular weight is 641 g/mol. The number of hydrogen-bond donors (Lipinski definition) is 2. The van der Waals surface area contributed by atoms with Gasteiger partial charge in [0.1, 0.15) is 0 Å². The largest absolute Gasteiger partial charge is 2.00 e. The van der Waals surface area contributed by atoms with Crippen molar-refractivity contribution in [1.82, 2.24) is 10.6 Å². The molecular formula is C28H52CaN2O8Si2. The molecule has 2 fully saturated rings. The summed E-state index contributed by atoms with van der Waals surface area (Å²) in [7, 11) is -2.33. The van der Waals surface area contributed by atoms with E-state index in [0.29, 0.717) is 63.8 Å². The van der Waals surface area contributed by atoms with Gasteiger partial charge in [-0.1, -0.05) is 39.3 Å². The first-order chi connectivity index (χ1) is 18.6. The van der Waals surface area contributed by atoms with E-state index in [9.17, 15) is 29.4 Å². The van der Waals surface area contributed by atoms with Crippen LogP contribution in [0.25, 0.3) is 0 Å². The van der Waals surface area contributed by atoms with E-state index in [-0.39, 0.29) is 61.8 Å². The summed E-state index contributed by atoms with van der Waals surface area (Å²) < 4.78 is 10.3. The Morgan fingerprint density at radius 3 is 1.15 bits per heavy atom. The van der Waals surface area contributed by atoms with Crippen LogP contribution >= 0.6 is 0 Å². The number of ether oxygens (including phenoxy) is 2. The molecule has 0 radical (unpaired) electrons. The van der Waals surface area contributed by atoms with Crippen molar-refractivity contribution in [3.05, 3.63) is 0 Å². The zero-order chi connectivity index (χ0) is 30.3. The maximum atomic E-state index is 11.5. The molecule has 0 atom stereocenters. The van der Waals surface area contributed by atoms with E-state index < -0.39 is 28.1 Å². The summed E-state index contributed by atoms with van der Waals surface area (Å²) in [4.78, 5) is 44.5. The molecule has 2 aliphatic rings. The Bertz CT molecular complexity index is 738. The summed E-state index contributed by atoms with van der Waals surface area (Å²) in [6.45, 7) is 15.6. The first-order valence-corrected chi connectivity index (χ1v) is 22.2. The topological polar surface area (TPSA) is 157 Å². The normalized spacial score (nSPS) is 22.6. The number of alkyl carbamates (subject to hydrolysis) is 2. The van der Waals surface area contributed by atoms with Gasteiger partial charge >= 0.3 is 49.9 Å². The number of hydrogen-bond acceptors (Lipinski definition) is 8. The summed E-state index contributed by atoms with van der Waals surface area (Å²) in [5.74, 6) is -1.79. The summed E-state index contributed by atoms with van der Waals surface area (Å²) >= 11 is 0. The van der Waals surface area contributed by atoms with Crippen LogP contribution < -0.4 is 20.8 Å². The van der Waals surface area contributed by atoms with Crippen molar-refractivity contribution in [2.75, 3.05) is 26.3 Å². The van der Waals surface area contributed by atoms with E-state index in [1.807, 2.05) is 0 Å². The minimum Gasteiger partial charge on any atom is -0.550 e. The van der Waals surface area contributed by atoms with Gasteiger partial charge in [0.05, 0.1) is 13.2 Å². The molecule has 0 aromatic rings. The SMILES string of the molecule is C[Si](C)(C)CCOC(=O)NC[C@H]1CC[C@H](C(=O)[O-])CC1.C[Si](C)(C)CCOC(=O)NC[C@H]1CC[C@H](C(=O)[O-])CC1.[Ca+2]. The fourth-order valence-corrected chi connectivity index (χ4v) is 6.09. The first kappa shape index (κ1) is 40.2. The van der Waals surface area contributed by atoms with Crippen LogP contribution in [0.15, 0.2) is 0 Å². The number of carbonyl (C=O) groups is 4. The summed E-state index contributed by atoms with van der Waals surface area (Å²) in [6.07, 6.45) is 5.20. The molecule has 2 aliphatic carbocycles. The molecule has 0 heterocycles. The smallest absolute Gasteiger partial charge is 0.550 e. The zero-order valence-corrected chi connectivity index (χ0v) is 30.4. The van der Waals surface area contributed by atoms with Crippen molar-refractivity contribution in [3.63, 3.8) is 0 Å². The van der Waals surface area contributed by atoms with E-state index in [1.165, 1.54) is 0 Å². The summed E-state index contributed by atoms with van der Waals surface area (Å²) in [5.41, 5.74) is 0. The minimum absolute atomic E-state index is 0. The van der Waals surface area contributed by atoms with Crippen molar-refractivity contribution in [3.8, 4) is 0 Å². The second kappa shape index (κ2) is 20.2. The van der Waals surface area contributed by atoms with Crippen LogP contribution in [0.5, 0.6) is 0 Å². The van der Waals surface area contributed by atoms with Gasteiger partial charge in [-0.25, -0.2) is 9.59 Å². The van der Waals surface area contributed by atoms with Crippen LogP contribution in [0.4, 0.5) is 9.59 Å². The average Bonchev–Trinajstić information content (AvgIpc) is 2.85. The number of rotatable bonds is 12. The van der Waals surface area contributed by atoms with Crippen LogP contribution in [0.2, 0.25) is 51.4 Å². The standard InChI is InChI=1S/2C14H27NO4Si.Ca/c2*1-20(2,3)9-8-19-14(18)15-10-11-4-6-12(7-5-11)13(16)17;/h2*11-12H,4-10H2,1-3H3,(H,15,18)(H,16,17);/q;;+2/p-2/t2*11-,12-;. The fourth-order valence-electron chi connectivity index (χ4n) is 4.66. The number of carboxylic acids is 2. The molecule has 0 saturated heterocycles. The molecule has 0 bridgehead atoms. The molecule has 41 heavy (non-hydrogen) atoms. The van der Waals surface area contributed by atoms with Gasteiger partial charge in [0.15, 0.2) is 0 Å². The molecule has 10 nitrogen and oxygen atoms in total. The Kier molecular flexibility index (Phi) is 19.8. The Morgan fingerprint density at radius 1 is 0.610 bits per heavy atom. The molecule has 2 saturated carbocycles. The van der Waals surface area contributed by atoms with Gasteiger partial charge in [-0.2, -0.15) is 0 Å². The third kappa shape index (κ3) is 20.7. The van der Waals surface area contributed by atoms with Crippen molar-refractivity contribution < 1.29 is 38.9 Å². The van der Waals surface area contributed by atoms with E-state index >= 15 is 0 Å². The maximum Gasteiger partial charge on any atom is 2.00 e. The number of amides is 2. The quantitative estimate of drug-likeness (QED) is 0.309. The van der Waals surface area contributed by atoms with Gasteiger partial charge in [-0.3, -0.25) is 0 Å². The van der Waals surface area contributed by atoms with Crippen molar-refractivity contribution in [2.45, 2.75) is 103 Å². The second-order valence-corrected chi connectivity index (χ2v) is 25.0. The summed E-state index contributed by atoms with van der Waals surface area (Å²) in [5, 5.41) is 27.0. The van der Waals surface area contributed by atoms with E-state index in [4.69, 9.17) is 9.47 Å². The van der Waals surface area contributed by atoms with Gasteiger partial charge < -0.3 is 39.9 Å². The Labute approximate surface area is 278 Å². The molecule has 13 heteroatoms. The van der Waals surface area contributed by atoms with E-state index in [1.54, 1.807) is 0 Å². The molecule has 2 rings (SSSR count). The van der Waals surface area contributed by atoms with Gasteiger partial charge in [0.25, 0.3) is 0 Å². The Morgan fingerprint density at radius 2 is 0.902 bits per heavy atom. The minimum atomic E-state index is -1.16. The van der Waals surface area contributed by atoms with Crippen molar-refractivity contribution in [1.29, 1.82) is 0 Å². The fraction of sp³-hybridized carbons (Fsp3) is 0.857. The molecule has 0 aromatic heterocycles. The number of carbonyl (C=O) groups excluding carboxylic acids is 4. The molecule has 0 aromatic carbocycles.